The van der Waals surface area contributed by atoms with Crippen LogP contribution < -0.4 is 4.74 Å². The highest BCUT2D eigenvalue weighted by molar-refractivity contribution is 5.71. The average Bonchev–Trinajstić information content (AvgIpc) is 2.09. The summed E-state index contributed by atoms with van der Waals surface area (Å²) in [5.41, 5.74) is 1.59. The number of carbonyl (C=O) groups is 1. The van der Waals surface area contributed by atoms with Crippen LogP contribution in [0.4, 0.5) is 8.78 Å². The lowest BCUT2D eigenvalue weighted by Gasteiger charge is -2.13. The summed E-state index contributed by atoms with van der Waals surface area (Å²) in [7, 11) is 0. The Bertz CT molecular complexity index is 402. The zero-order valence-electron chi connectivity index (χ0n) is 8.96. The molecular weight excluding hydrogens is 218 g/mol. The van der Waals surface area contributed by atoms with E-state index < -0.39 is 12.6 Å². The number of benzene rings is 1. The Kier molecular flexibility index (Phi) is 3.82. The normalized spacial score (nSPS) is 10.6. The monoisotopic (exact) mass is 230 g/mol. The second-order valence-electron chi connectivity index (χ2n) is 3.52. The molecule has 0 aliphatic carbocycles. The Morgan fingerprint density at radius 2 is 2.06 bits per heavy atom. The molecule has 88 valence electrons. The number of aliphatic carboxylic acids is 1. The van der Waals surface area contributed by atoms with E-state index in [9.17, 15) is 13.6 Å². The minimum Gasteiger partial charge on any atom is -0.481 e. The van der Waals surface area contributed by atoms with Crippen molar-refractivity contribution in [3.63, 3.8) is 0 Å². The quantitative estimate of drug-likeness (QED) is 0.864. The van der Waals surface area contributed by atoms with Gasteiger partial charge in [-0.05, 0) is 19.4 Å². The summed E-state index contributed by atoms with van der Waals surface area (Å²) in [5.74, 6) is -1.12. The van der Waals surface area contributed by atoms with E-state index in [0.29, 0.717) is 5.56 Å². The van der Waals surface area contributed by atoms with Crippen molar-refractivity contribution in [1.82, 2.24) is 0 Å². The summed E-state index contributed by atoms with van der Waals surface area (Å²) < 4.78 is 28.6. The molecule has 3 nitrogen and oxygen atoms in total. The fraction of sp³-hybridized carbons (Fsp3) is 0.364. The Hall–Kier alpha value is -1.65. The average molecular weight is 230 g/mol. The van der Waals surface area contributed by atoms with E-state index in [1.54, 1.807) is 26.0 Å². The van der Waals surface area contributed by atoms with Crippen molar-refractivity contribution in [2.75, 3.05) is 0 Å². The van der Waals surface area contributed by atoms with E-state index in [-0.39, 0.29) is 17.7 Å². The molecule has 0 unspecified atom stereocenters. The number of carboxylic acid groups (broad SMARTS) is 1. The van der Waals surface area contributed by atoms with Crippen molar-refractivity contribution >= 4 is 5.97 Å². The van der Waals surface area contributed by atoms with Crippen LogP contribution in [0.1, 0.15) is 16.7 Å². The van der Waals surface area contributed by atoms with E-state index in [2.05, 4.69) is 4.74 Å². The van der Waals surface area contributed by atoms with Gasteiger partial charge in [0, 0.05) is 5.56 Å². The molecule has 1 aromatic carbocycles. The molecule has 0 aromatic heterocycles. The molecule has 5 heteroatoms. The molecule has 16 heavy (non-hydrogen) atoms. The third kappa shape index (κ3) is 3.18. The van der Waals surface area contributed by atoms with E-state index in [1.165, 1.54) is 0 Å². The number of carboxylic acids is 1. The summed E-state index contributed by atoms with van der Waals surface area (Å²) in [6.45, 7) is 0.426. The molecule has 0 saturated carbocycles. The first kappa shape index (κ1) is 12.4. The molecule has 0 bridgehead atoms. The van der Waals surface area contributed by atoms with Gasteiger partial charge in [0.25, 0.3) is 0 Å². The van der Waals surface area contributed by atoms with Crippen molar-refractivity contribution < 1.29 is 23.4 Å². The predicted octanol–water partition coefficient (Wildman–Crippen LogP) is 2.53. The summed E-state index contributed by atoms with van der Waals surface area (Å²) in [6, 6.07) is 3.21. The van der Waals surface area contributed by atoms with Crippen LogP contribution in [-0.2, 0) is 11.2 Å². The summed E-state index contributed by atoms with van der Waals surface area (Å²) in [4.78, 5) is 10.6. The first-order valence-corrected chi connectivity index (χ1v) is 4.67. The van der Waals surface area contributed by atoms with Gasteiger partial charge in [-0.25, -0.2) is 0 Å². The molecule has 0 radical (unpaired) electrons. The number of alkyl halides is 2. The van der Waals surface area contributed by atoms with Crippen LogP contribution in [0.15, 0.2) is 12.1 Å². The van der Waals surface area contributed by atoms with Crippen LogP contribution in [-0.4, -0.2) is 17.7 Å². The van der Waals surface area contributed by atoms with Gasteiger partial charge >= 0.3 is 12.6 Å². The number of halogens is 2. The predicted molar refractivity (Wildman–Crippen MR) is 53.9 cm³/mol. The van der Waals surface area contributed by atoms with Gasteiger partial charge in [0.05, 0.1) is 6.42 Å². The van der Waals surface area contributed by atoms with Crippen LogP contribution in [0.25, 0.3) is 0 Å². The molecule has 1 rings (SSSR count). The minimum atomic E-state index is -2.95. The van der Waals surface area contributed by atoms with Crippen LogP contribution in [0.2, 0.25) is 0 Å². The Morgan fingerprint density at radius 3 is 2.56 bits per heavy atom. The van der Waals surface area contributed by atoms with Crippen LogP contribution in [0.5, 0.6) is 5.75 Å². The second-order valence-corrected chi connectivity index (χ2v) is 3.52. The molecule has 0 amide bonds. The molecule has 0 spiro atoms. The number of aryl methyl sites for hydroxylation is 2. The molecule has 0 saturated heterocycles. The maximum Gasteiger partial charge on any atom is 0.387 e. The van der Waals surface area contributed by atoms with Gasteiger partial charge in [0.1, 0.15) is 5.75 Å². The standard InChI is InChI=1S/C11H12F2O3/c1-6-3-7(2)10(16-11(12)13)8(4-6)5-9(14)15/h3-4,11H,5H2,1-2H3,(H,14,15). The lowest BCUT2D eigenvalue weighted by atomic mass is 10.0. The fourth-order valence-electron chi connectivity index (χ4n) is 1.59. The van der Waals surface area contributed by atoms with E-state index in [0.717, 1.165) is 5.56 Å². The van der Waals surface area contributed by atoms with Gasteiger partial charge in [-0.15, -0.1) is 0 Å². The third-order valence-electron chi connectivity index (χ3n) is 2.04. The maximum atomic E-state index is 12.1. The molecule has 1 aromatic rings. The Morgan fingerprint density at radius 1 is 1.44 bits per heavy atom. The highest BCUT2D eigenvalue weighted by Crippen LogP contribution is 2.27. The first-order chi connectivity index (χ1) is 7.40. The Balaban J connectivity index is 3.15. The van der Waals surface area contributed by atoms with Gasteiger partial charge < -0.3 is 9.84 Å². The van der Waals surface area contributed by atoms with E-state index in [1.807, 2.05) is 0 Å². The molecule has 0 atom stereocenters. The van der Waals surface area contributed by atoms with Gasteiger partial charge in [-0.1, -0.05) is 17.7 Å². The highest BCUT2D eigenvalue weighted by atomic mass is 19.3. The highest BCUT2D eigenvalue weighted by Gasteiger charge is 2.15. The van der Waals surface area contributed by atoms with Crippen LogP contribution in [0.3, 0.4) is 0 Å². The summed E-state index contributed by atoms with van der Waals surface area (Å²) >= 11 is 0. The van der Waals surface area contributed by atoms with E-state index >= 15 is 0 Å². The zero-order chi connectivity index (χ0) is 12.3. The van der Waals surface area contributed by atoms with Crippen molar-refractivity contribution in [2.24, 2.45) is 0 Å². The number of hydrogen-bond donors (Lipinski definition) is 1. The van der Waals surface area contributed by atoms with Crippen LogP contribution in [0, 0.1) is 13.8 Å². The lowest BCUT2D eigenvalue weighted by molar-refractivity contribution is -0.136. The number of ether oxygens (including phenoxy) is 1. The largest absolute Gasteiger partial charge is 0.481 e. The van der Waals surface area contributed by atoms with Crippen molar-refractivity contribution in [3.8, 4) is 5.75 Å². The summed E-state index contributed by atoms with van der Waals surface area (Å²) in [6.07, 6.45) is -0.329. The number of rotatable bonds is 4. The van der Waals surface area contributed by atoms with Crippen molar-refractivity contribution in [1.29, 1.82) is 0 Å². The van der Waals surface area contributed by atoms with Gasteiger partial charge in [0.2, 0.25) is 0 Å². The van der Waals surface area contributed by atoms with Gasteiger partial charge in [-0.3, -0.25) is 4.79 Å². The van der Waals surface area contributed by atoms with Crippen molar-refractivity contribution in [3.05, 3.63) is 28.8 Å². The van der Waals surface area contributed by atoms with Gasteiger partial charge in [0.15, 0.2) is 0 Å². The topological polar surface area (TPSA) is 46.5 Å². The molecule has 0 fully saturated rings. The maximum absolute atomic E-state index is 12.1. The smallest absolute Gasteiger partial charge is 0.387 e. The van der Waals surface area contributed by atoms with Crippen LogP contribution >= 0.6 is 0 Å². The zero-order valence-corrected chi connectivity index (χ0v) is 8.96. The molecule has 1 N–H and O–H groups in total. The van der Waals surface area contributed by atoms with Gasteiger partial charge in [-0.2, -0.15) is 8.78 Å². The molecule has 0 aliphatic rings. The minimum absolute atomic E-state index is 0.0389. The number of hydrogen-bond acceptors (Lipinski definition) is 2. The SMILES string of the molecule is Cc1cc(C)c(OC(F)F)c(CC(=O)O)c1. The van der Waals surface area contributed by atoms with E-state index in [4.69, 9.17) is 5.11 Å². The molecular formula is C11H12F2O3. The lowest BCUT2D eigenvalue weighted by Crippen LogP contribution is -2.09. The fourth-order valence-corrected chi connectivity index (χ4v) is 1.59. The molecule has 0 aliphatic heterocycles. The third-order valence-corrected chi connectivity index (χ3v) is 2.04. The summed E-state index contributed by atoms with van der Waals surface area (Å²) in [5, 5.41) is 8.66. The first-order valence-electron chi connectivity index (χ1n) is 4.67. The second kappa shape index (κ2) is 4.92. The molecule has 0 heterocycles. The van der Waals surface area contributed by atoms with Crippen molar-refractivity contribution in [2.45, 2.75) is 26.9 Å². The Labute approximate surface area is 91.7 Å².